The highest BCUT2D eigenvalue weighted by Crippen LogP contribution is 2.29. The number of nitrogens with zero attached hydrogens (tertiary/aromatic N) is 1. The van der Waals surface area contributed by atoms with Crippen LogP contribution < -0.4 is 4.90 Å². The molecule has 1 fully saturated rings. The highest BCUT2D eigenvalue weighted by atomic mass is 16.5. The molecule has 4 heteroatoms. The third-order valence-electron chi connectivity index (χ3n) is 3.44. The van der Waals surface area contributed by atoms with E-state index < -0.39 is 12.1 Å². The van der Waals surface area contributed by atoms with E-state index in [1.165, 1.54) is 6.42 Å². The largest absolute Gasteiger partial charge is 0.464 e. The molecule has 19 heavy (non-hydrogen) atoms. The van der Waals surface area contributed by atoms with Gasteiger partial charge in [-0.3, -0.25) is 0 Å². The van der Waals surface area contributed by atoms with Crippen LogP contribution in [0.5, 0.6) is 0 Å². The van der Waals surface area contributed by atoms with E-state index in [-0.39, 0.29) is 6.61 Å². The van der Waals surface area contributed by atoms with Crippen molar-refractivity contribution in [2.75, 3.05) is 24.6 Å². The third-order valence-corrected chi connectivity index (χ3v) is 3.44. The summed E-state index contributed by atoms with van der Waals surface area (Å²) in [6, 6.07) is 7.53. The van der Waals surface area contributed by atoms with Gasteiger partial charge in [0.2, 0.25) is 0 Å². The lowest BCUT2D eigenvalue weighted by atomic mass is 10.0. The number of hydrogen-bond donors (Lipinski definition) is 1. The van der Waals surface area contributed by atoms with Gasteiger partial charge in [-0.05, 0) is 32.3 Å². The molecule has 4 nitrogen and oxygen atoms in total. The van der Waals surface area contributed by atoms with Crippen molar-refractivity contribution in [3.05, 3.63) is 29.8 Å². The molecule has 1 atom stereocenters. The normalized spacial score (nSPS) is 17.1. The summed E-state index contributed by atoms with van der Waals surface area (Å²) in [7, 11) is 0. The smallest absolute Gasteiger partial charge is 0.339 e. The van der Waals surface area contributed by atoms with Gasteiger partial charge in [-0.15, -0.1) is 0 Å². The molecular formula is C15H21NO3. The van der Waals surface area contributed by atoms with E-state index in [0.29, 0.717) is 5.56 Å². The van der Waals surface area contributed by atoms with E-state index in [0.717, 1.165) is 31.6 Å². The van der Waals surface area contributed by atoms with Gasteiger partial charge in [0.25, 0.3) is 0 Å². The predicted octanol–water partition coefficient (Wildman–Crippen LogP) is 2.27. The summed E-state index contributed by atoms with van der Waals surface area (Å²) in [5, 5.41) is 10.1. The number of aliphatic hydroxyl groups is 1. The molecule has 0 spiro atoms. The van der Waals surface area contributed by atoms with Crippen molar-refractivity contribution in [1.29, 1.82) is 0 Å². The lowest BCUT2D eigenvalue weighted by molar-refractivity contribution is -0.153. The second kappa shape index (κ2) is 6.57. The van der Waals surface area contributed by atoms with Crippen molar-refractivity contribution < 1.29 is 14.6 Å². The molecule has 1 heterocycles. The molecule has 0 amide bonds. The number of benzene rings is 1. The summed E-state index contributed by atoms with van der Waals surface area (Å²) in [6.07, 6.45) is 2.37. The summed E-state index contributed by atoms with van der Waals surface area (Å²) in [5.41, 5.74) is 1.59. The number of para-hydroxylation sites is 1. The van der Waals surface area contributed by atoms with Gasteiger partial charge in [-0.1, -0.05) is 18.2 Å². The van der Waals surface area contributed by atoms with E-state index in [9.17, 15) is 9.90 Å². The molecule has 1 aliphatic heterocycles. The number of anilines is 1. The maximum absolute atomic E-state index is 11.7. The van der Waals surface area contributed by atoms with E-state index in [1.807, 2.05) is 18.2 Å². The van der Waals surface area contributed by atoms with Crippen LogP contribution in [0.4, 0.5) is 5.69 Å². The minimum Gasteiger partial charge on any atom is -0.464 e. The highest BCUT2D eigenvalue weighted by molar-refractivity contribution is 5.79. The molecule has 0 radical (unpaired) electrons. The molecule has 1 saturated heterocycles. The van der Waals surface area contributed by atoms with Gasteiger partial charge < -0.3 is 14.7 Å². The number of carbonyl (C=O) groups excluding carboxylic acids is 1. The Morgan fingerprint density at radius 1 is 1.32 bits per heavy atom. The number of aliphatic hydroxyl groups excluding tert-OH is 1. The number of piperidine rings is 1. The Hall–Kier alpha value is -1.55. The first-order valence-corrected chi connectivity index (χ1v) is 6.92. The van der Waals surface area contributed by atoms with E-state index in [2.05, 4.69) is 4.90 Å². The van der Waals surface area contributed by atoms with E-state index >= 15 is 0 Å². The minimum atomic E-state index is -1.20. The number of rotatable bonds is 4. The van der Waals surface area contributed by atoms with Crippen LogP contribution in [0.3, 0.4) is 0 Å². The third kappa shape index (κ3) is 3.26. The Morgan fingerprint density at radius 2 is 2.00 bits per heavy atom. The van der Waals surface area contributed by atoms with Crippen LogP contribution in [0.15, 0.2) is 24.3 Å². The molecule has 0 aliphatic carbocycles. The van der Waals surface area contributed by atoms with Crippen molar-refractivity contribution in [2.24, 2.45) is 0 Å². The Labute approximate surface area is 114 Å². The summed E-state index contributed by atoms with van der Waals surface area (Å²) >= 11 is 0. The average molecular weight is 263 g/mol. The molecule has 1 aliphatic rings. The van der Waals surface area contributed by atoms with Crippen molar-refractivity contribution >= 4 is 11.7 Å². The number of ether oxygens (including phenoxy) is 1. The van der Waals surface area contributed by atoms with Crippen molar-refractivity contribution in [3.8, 4) is 0 Å². The Bertz CT molecular complexity index is 427. The van der Waals surface area contributed by atoms with Gasteiger partial charge in [0.05, 0.1) is 6.61 Å². The van der Waals surface area contributed by atoms with Crippen molar-refractivity contribution in [2.45, 2.75) is 32.3 Å². The molecular weight excluding hydrogens is 242 g/mol. The quantitative estimate of drug-likeness (QED) is 0.847. The molecule has 0 aromatic heterocycles. The fraction of sp³-hybridized carbons (Fsp3) is 0.533. The lowest BCUT2D eigenvalue weighted by Crippen LogP contribution is -2.31. The van der Waals surface area contributed by atoms with Gasteiger partial charge >= 0.3 is 5.97 Å². The molecule has 1 aromatic carbocycles. The first kappa shape index (κ1) is 13.9. The lowest BCUT2D eigenvalue weighted by Gasteiger charge is -2.31. The van der Waals surface area contributed by atoms with Gasteiger partial charge in [0, 0.05) is 24.3 Å². The first-order valence-electron chi connectivity index (χ1n) is 6.92. The Kier molecular flexibility index (Phi) is 4.80. The fourth-order valence-electron chi connectivity index (χ4n) is 2.49. The van der Waals surface area contributed by atoms with Crippen LogP contribution in [-0.4, -0.2) is 30.8 Å². The molecule has 0 saturated carbocycles. The van der Waals surface area contributed by atoms with Crippen LogP contribution in [0.2, 0.25) is 0 Å². The predicted molar refractivity (Wildman–Crippen MR) is 74.1 cm³/mol. The Balaban J connectivity index is 2.22. The Morgan fingerprint density at radius 3 is 2.68 bits per heavy atom. The zero-order valence-corrected chi connectivity index (χ0v) is 11.3. The maximum Gasteiger partial charge on any atom is 0.339 e. The molecule has 1 N–H and O–H groups in total. The zero-order chi connectivity index (χ0) is 13.7. The van der Waals surface area contributed by atoms with Gasteiger partial charge in [0.1, 0.15) is 0 Å². The summed E-state index contributed by atoms with van der Waals surface area (Å²) in [6.45, 7) is 3.97. The molecule has 104 valence electrons. The topological polar surface area (TPSA) is 49.8 Å². The van der Waals surface area contributed by atoms with Crippen LogP contribution in [-0.2, 0) is 9.53 Å². The molecule has 1 unspecified atom stereocenters. The van der Waals surface area contributed by atoms with E-state index in [4.69, 9.17) is 4.74 Å². The van der Waals surface area contributed by atoms with Gasteiger partial charge in [0.15, 0.2) is 6.10 Å². The van der Waals surface area contributed by atoms with Crippen LogP contribution in [0.1, 0.15) is 37.9 Å². The average Bonchev–Trinajstić information content (AvgIpc) is 2.47. The monoisotopic (exact) mass is 263 g/mol. The van der Waals surface area contributed by atoms with Crippen LogP contribution in [0.25, 0.3) is 0 Å². The molecule has 2 rings (SSSR count). The van der Waals surface area contributed by atoms with E-state index in [1.54, 1.807) is 13.0 Å². The van der Waals surface area contributed by atoms with Crippen LogP contribution in [0, 0.1) is 0 Å². The maximum atomic E-state index is 11.7. The highest BCUT2D eigenvalue weighted by Gasteiger charge is 2.24. The summed E-state index contributed by atoms with van der Waals surface area (Å²) in [4.78, 5) is 13.9. The summed E-state index contributed by atoms with van der Waals surface area (Å²) in [5.74, 6) is -0.577. The second-order valence-corrected chi connectivity index (χ2v) is 4.76. The van der Waals surface area contributed by atoms with Crippen LogP contribution >= 0.6 is 0 Å². The van der Waals surface area contributed by atoms with Crippen molar-refractivity contribution in [1.82, 2.24) is 0 Å². The molecule has 0 bridgehead atoms. The zero-order valence-electron chi connectivity index (χ0n) is 11.3. The minimum absolute atomic E-state index is 0.280. The summed E-state index contributed by atoms with van der Waals surface area (Å²) < 4.78 is 4.89. The first-order chi connectivity index (χ1) is 9.24. The SMILES string of the molecule is CCOC(=O)C(O)c1ccccc1N1CCCCC1. The fourth-order valence-corrected chi connectivity index (χ4v) is 2.49. The van der Waals surface area contributed by atoms with Gasteiger partial charge in [-0.25, -0.2) is 4.79 Å². The second-order valence-electron chi connectivity index (χ2n) is 4.76. The number of hydrogen-bond acceptors (Lipinski definition) is 4. The standard InChI is InChI=1S/C15H21NO3/c1-2-19-15(18)14(17)12-8-4-5-9-13(12)16-10-6-3-7-11-16/h4-5,8-9,14,17H,2-3,6-7,10-11H2,1H3. The van der Waals surface area contributed by atoms with Gasteiger partial charge in [-0.2, -0.15) is 0 Å². The number of carbonyl (C=O) groups is 1. The van der Waals surface area contributed by atoms with Crippen molar-refractivity contribution in [3.63, 3.8) is 0 Å². The molecule has 1 aromatic rings. The number of esters is 1.